The number of aromatic nitrogens is 1. The number of pyridine rings is 1. The molecular formula is C15H23N3O3. The molecule has 0 aliphatic carbocycles. The largest absolute Gasteiger partial charge is 0.477 e. The number of unbranched alkanes of at least 4 members (excludes halogenated alkanes) is 1. The van der Waals surface area contributed by atoms with Gasteiger partial charge in [-0.15, -0.1) is 0 Å². The molecule has 0 aromatic carbocycles. The highest BCUT2D eigenvalue weighted by molar-refractivity contribution is 5.96. The van der Waals surface area contributed by atoms with Crippen LogP contribution in [-0.4, -0.2) is 53.0 Å². The minimum Gasteiger partial charge on any atom is -0.477 e. The Kier molecular flexibility index (Phi) is 6.81. The smallest absolute Gasteiger partial charge is 0.354 e. The maximum atomic E-state index is 11.9. The van der Waals surface area contributed by atoms with Gasteiger partial charge in [0.25, 0.3) is 5.91 Å². The van der Waals surface area contributed by atoms with E-state index >= 15 is 0 Å². The number of rotatable bonds is 8. The Bertz CT molecular complexity index is 489. The molecule has 0 saturated carbocycles. The summed E-state index contributed by atoms with van der Waals surface area (Å²) >= 11 is 0. The number of hydrogen-bond donors (Lipinski definition) is 2. The van der Waals surface area contributed by atoms with Crippen LogP contribution in [0.5, 0.6) is 0 Å². The Labute approximate surface area is 125 Å². The monoisotopic (exact) mass is 293 g/mol. The van der Waals surface area contributed by atoms with E-state index in [1.165, 1.54) is 18.3 Å². The summed E-state index contributed by atoms with van der Waals surface area (Å²) in [6, 6.07) is 3.31. The summed E-state index contributed by atoms with van der Waals surface area (Å²) < 4.78 is 0. The molecule has 6 nitrogen and oxygen atoms in total. The maximum Gasteiger partial charge on any atom is 0.354 e. The van der Waals surface area contributed by atoms with Gasteiger partial charge in [-0.3, -0.25) is 4.79 Å². The number of carbonyl (C=O) groups is 2. The molecule has 0 aliphatic heterocycles. The minimum absolute atomic E-state index is 0.124. The van der Waals surface area contributed by atoms with Crippen molar-refractivity contribution in [2.45, 2.75) is 32.7 Å². The average molecular weight is 293 g/mol. The van der Waals surface area contributed by atoms with Crippen molar-refractivity contribution in [1.29, 1.82) is 0 Å². The van der Waals surface area contributed by atoms with Crippen molar-refractivity contribution >= 4 is 11.9 Å². The van der Waals surface area contributed by atoms with E-state index in [1.54, 1.807) is 0 Å². The first-order valence-corrected chi connectivity index (χ1v) is 7.09. The van der Waals surface area contributed by atoms with Gasteiger partial charge in [0.2, 0.25) is 0 Å². The Morgan fingerprint density at radius 2 is 2.10 bits per heavy atom. The summed E-state index contributed by atoms with van der Waals surface area (Å²) in [5.41, 5.74) is 0.197. The van der Waals surface area contributed by atoms with E-state index in [9.17, 15) is 9.59 Å². The quantitative estimate of drug-likeness (QED) is 0.712. The van der Waals surface area contributed by atoms with Crippen molar-refractivity contribution < 1.29 is 14.7 Å². The second kappa shape index (κ2) is 8.36. The second-order valence-corrected chi connectivity index (χ2v) is 5.27. The van der Waals surface area contributed by atoms with Crippen molar-refractivity contribution in [2.75, 3.05) is 20.1 Å². The fourth-order valence-electron chi connectivity index (χ4n) is 1.74. The van der Waals surface area contributed by atoms with Gasteiger partial charge in [0.15, 0.2) is 0 Å². The van der Waals surface area contributed by atoms with Crippen LogP contribution in [0.2, 0.25) is 0 Å². The predicted molar refractivity (Wildman–Crippen MR) is 80.5 cm³/mol. The average Bonchev–Trinajstić information content (AvgIpc) is 2.46. The minimum atomic E-state index is -1.14. The summed E-state index contributed by atoms with van der Waals surface area (Å²) in [6.45, 7) is 5.86. The van der Waals surface area contributed by atoms with E-state index in [4.69, 9.17) is 5.11 Å². The first-order chi connectivity index (χ1) is 9.91. The number of aromatic carboxylic acids is 1. The van der Waals surface area contributed by atoms with Gasteiger partial charge in [0.1, 0.15) is 5.69 Å². The maximum absolute atomic E-state index is 11.9. The lowest BCUT2D eigenvalue weighted by Crippen LogP contribution is -2.29. The molecule has 0 atom stereocenters. The first-order valence-electron chi connectivity index (χ1n) is 7.09. The van der Waals surface area contributed by atoms with Crippen LogP contribution in [0.3, 0.4) is 0 Å². The number of hydrogen-bond acceptors (Lipinski definition) is 4. The zero-order chi connectivity index (χ0) is 15.8. The summed E-state index contributed by atoms with van der Waals surface area (Å²) in [6.07, 6.45) is 3.22. The molecular weight excluding hydrogens is 270 g/mol. The molecule has 6 heteroatoms. The summed E-state index contributed by atoms with van der Waals surface area (Å²) in [4.78, 5) is 28.6. The van der Waals surface area contributed by atoms with Crippen LogP contribution in [0.1, 0.15) is 47.5 Å². The van der Waals surface area contributed by atoms with Gasteiger partial charge in [-0.25, -0.2) is 9.78 Å². The molecule has 0 aliphatic rings. The van der Waals surface area contributed by atoms with E-state index in [2.05, 4.69) is 36.1 Å². The fourth-order valence-corrected chi connectivity index (χ4v) is 1.74. The molecule has 116 valence electrons. The Morgan fingerprint density at radius 1 is 1.38 bits per heavy atom. The molecule has 0 unspecified atom stereocenters. The van der Waals surface area contributed by atoms with Gasteiger partial charge in [-0.1, -0.05) is 0 Å². The standard InChI is InChI=1S/C15H23N3O3/c1-11(2)18(3)9-5-4-7-17-14(19)12-6-8-16-13(10-12)15(20)21/h6,8,10-11H,4-5,7,9H2,1-3H3,(H,17,19)(H,20,21). The number of carboxylic acids is 1. The van der Waals surface area contributed by atoms with Crippen molar-refractivity contribution in [2.24, 2.45) is 0 Å². The van der Waals surface area contributed by atoms with Crippen molar-refractivity contribution in [3.63, 3.8) is 0 Å². The number of amides is 1. The van der Waals surface area contributed by atoms with Crippen LogP contribution in [0.15, 0.2) is 18.3 Å². The Morgan fingerprint density at radius 3 is 2.71 bits per heavy atom. The summed E-state index contributed by atoms with van der Waals surface area (Å²) in [5.74, 6) is -1.40. The molecule has 0 radical (unpaired) electrons. The normalized spacial score (nSPS) is 10.9. The Hall–Kier alpha value is -1.95. The lowest BCUT2D eigenvalue weighted by molar-refractivity contribution is 0.0690. The van der Waals surface area contributed by atoms with Gasteiger partial charge < -0.3 is 15.3 Å². The molecule has 0 spiro atoms. The van der Waals surface area contributed by atoms with E-state index in [1.807, 2.05) is 0 Å². The fraction of sp³-hybridized carbons (Fsp3) is 0.533. The molecule has 1 aromatic heterocycles. The lowest BCUT2D eigenvalue weighted by Gasteiger charge is -2.20. The zero-order valence-corrected chi connectivity index (χ0v) is 12.8. The van der Waals surface area contributed by atoms with Gasteiger partial charge in [0, 0.05) is 24.3 Å². The van der Waals surface area contributed by atoms with Crippen LogP contribution in [0.4, 0.5) is 0 Å². The third-order valence-corrected chi connectivity index (χ3v) is 3.35. The van der Waals surface area contributed by atoms with Crippen LogP contribution in [0.25, 0.3) is 0 Å². The van der Waals surface area contributed by atoms with Crippen LogP contribution in [0, 0.1) is 0 Å². The SMILES string of the molecule is CC(C)N(C)CCCCNC(=O)c1ccnc(C(=O)O)c1. The van der Waals surface area contributed by atoms with Gasteiger partial charge >= 0.3 is 5.97 Å². The number of carbonyl (C=O) groups excluding carboxylic acids is 1. The second-order valence-electron chi connectivity index (χ2n) is 5.27. The van der Waals surface area contributed by atoms with Crippen LogP contribution in [-0.2, 0) is 0 Å². The molecule has 0 bridgehead atoms. The van der Waals surface area contributed by atoms with E-state index in [0.29, 0.717) is 18.2 Å². The third-order valence-electron chi connectivity index (χ3n) is 3.35. The van der Waals surface area contributed by atoms with Crippen molar-refractivity contribution in [1.82, 2.24) is 15.2 Å². The molecule has 2 N–H and O–H groups in total. The van der Waals surface area contributed by atoms with Crippen molar-refractivity contribution in [3.05, 3.63) is 29.6 Å². The van der Waals surface area contributed by atoms with Crippen LogP contribution >= 0.6 is 0 Å². The lowest BCUT2D eigenvalue weighted by atomic mass is 10.2. The van der Waals surface area contributed by atoms with E-state index in [-0.39, 0.29) is 11.6 Å². The molecule has 1 rings (SSSR count). The van der Waals surface area contributed by atoms with Gasteiger partial charge in [-0.05, 0) is 52.4 Å². The Balaban J connectivity index is 2.34. The highest BCUT2D eigenvalue weighted by Gasteiger charge is 2.10. The highest BCUT2D eigenvalue weighted by Crippen LogP contribution is 2.02. The molecule has 0 saturated heterocycles. The summed E-state index contributed by atoms with van der Waals surface area (Å²) in [5, 5.41) is 11.6. The van der Waals surface area contributed by atoms with E-state index in [0.717, 1.165) is 19.4 Å². The molecule has 0 fully saturated rings. The molecule has 1 aromatic rings. The zero-order valence-electron chi connectivity index (χ0n) is 12.8. The number of carboxylic acid groups (broad SMARTS) is 1. The topological polar surface area (TPSA) is 82.5 Å². The van der Waals surface area contributed by atoms with Gasteiger partial charge in [0.05, 0.1) is 0 Å². The van der Waals surface area contributed by atoms with Crippen molar-refractivity contribution in [3.8, 4) is 0 Å². The molecule has 21 heavy (non-hydrogen) atoms. The molecule has 1 heterocycles. The number of nitrogens with zero attached hydrogens (tertiary/aromatic N) is 2. The summed E-state index contributed by atoms with van der Waals surface area (Å²) in [7, 11) is 2.08. The van der Waals surface area contributed by atoms with E-state index < -0.39 is 5.97 Å². The molecule has 1 amide bonds. The highest BCUT2D eigenvalue weighted by atomic mass is 16.4. The third kappa shape index (κ3) is 5.91. The first kappa shape index (κ1) is 17.1. The number of nitrogens with one attached hydrogen (secondary N) is 1. The van der Waals surface area contributed by atoms with Gasteiger partial charge in [-0.2, -0.15) is 0 Å². The predicted octanol–water partition coefficient (Wildman–Crippen LogP) is 1.63. The van der Waals surface area contributed by atoms with Crippen LogP contribution < -0.4 is 5.32 Å².